The first-order valence-electron chi connectivity index (χ1n) is 11.6. The number of carbonyl (C=O) groups excluding carboxylic acids is 4. The van der Waals surface area contributed by atoms with Crippen LogP contribution in [0.1, 0.15) is 60.1 Å². The molecule has 0 N–H and O–H groups in total. The summed E-state index contributed by atoms with van der Waals surface area (Å²) in [6, 6.07) is 8.20. The molecule has 34 heavy (non-hydrogen) atoms. The molecular weight excluding hydrogens is 428 g/mol. The van der Waals surface area contributed by atoms with Crippen LogP contribution in [0.3, 0.4) is 0 Å². The Hall–Kier alpha value is -3.80. The van der Waals surface area contributed by atoms with Gasteiger partial charge in [0.15, 0.2) is 0 Å². The summed E-state index contributed by atoms with van der Waals surface area (Å²) in [6.07, 6.45) is 6.58. The molecule has 2 aromatic rings. The van der Waals surface area contributed by atoms with Crippen LogP contribution in [0.15, 0.2) is 48.6 Å². The van der Waals surface area contributed by atoms with E-state index in [-0.39, 0.29) is 29.5 Å². The van der Waals surface area contributed by atoms with Gasteiger partial charge in [0.25, 0.3) is 23.6 Å². The number of nitrogens with zero attached hydrogens (tertiary/aromatic N) is 2. The van der Waals surface area contributed by atoms with E-state index in [4.69, 9.17) is 0 Å². The molecule has 4 rings (SSSR count). The molecule has 0 bridgehead atoms. The van der Waals surface area contributed by atoms with E-state index in [1.807, 2.05) is 39.8 Å². The Kier molecular flexibility index (Phi) is 6.09. The van der Waals surface area contributed by atoms with Gasteiger partial charge in [0, 0.05) is 30.2 Å². The van der Waals surface area contributed by atoms with E-state index in [2.05, 4.69) is 19.1 Å². The molecule has 0 aliphatic carbocycles. The van der Waals surface area contributed by atoms with E-state index in [1.165, 1.54) is 34.1 Å². The fourth-order valence-electron chi connectivity index (χ4n) is 4.88. The maximum absolute atomic E-state index is 12.3. The van der Waals surface area contributed by atoms with Gasteiger partial charge in [-0.1, -0.05) is 45.0 Å². The highest BCUT2D eigenvalue weighted by atomic mass is 16.2. The number of benzene rings is 2. The lowest BCUT2D eigenvalue weighted by Crippen LogP contribution is -2.31. The average molecular weight is 457 g/mol. The van der Waals surface area contributed by atoms with Crippen LogP contribution in [0.5, 0.6) is 0 Å². The molecule has 4 amide bonds. The number of amides is 4. The summed E-state index contributed by atoms with van der Waals surface area (Å²) in [5.41, 5.74) is 7.11. The summed E-state index contributed by atoms with van der Waals surface area (Å²) in [4.78, 5) is 51.7. The van der Waals surface area contributed by atoms with Gasteiger partial charge in [-0.25, -0.2) is 9.80 Å². The lowest BCUT2D eigenvalue weighted by Gasteiger charge is -2.25. The Labute approximate surface area is 199 Å². The predicted molar refractivity (Wildman–Crippen MR) is 132 cm³/mol. The van der Waals surface area contributed by atoms with Crippen molar-refractivity contribution >= 4 is 35.0 Å². The maximum atomic E-state index is 12.3. The van der Waals surface area contributed by atoms with Crippen LogP contribution in [0.4, 0.5) is 11.4 Å². The third-order valence-corrected chi connectivity index (χ3v) is 6.63. The van der Waals surface area contributed by atoms with Crippen molar-refractivity contribution in [2.45, 2.75) is 53.4 Å². The van der Waals surface area contributed by atoms with Gasteiger partial charge in [-0.2, -0.15) is 0 Å². The molecule has 0 saturated heterocycles. The van der Waals surface area contributed by atoms with E-state index in [0.717, 1.165) is 33.4 Å². The zero-order valence-corrected chi connectivity index (χ0v) is 20.1. The van der Waals surface area contributed by atoms with Crippen LogP contribution < -0.4 is 9.80 Å². The van der Waals surface area contributed by atoms with Gasteiger partial charge in [-0.05, 0) is 60.1 Å². The summed E-state index contributed by atoms with van der Waals surface area (Å²) >= 11 is 0. The Balaban J connectivity index is 1.75. The zero-order valence-electron chi connectivity index (χ0n) is 20.1. The van der Waals surface area contributed by atoms with Gasteiger partial charge in [0.05, 0.1) is 11.4 Å². The Morgan fingerprint density at radius 2 is 0.941 bits per heavy atom. The molecule has 174 valence electrons. The fraction of sp³-hybridized carbons (Fsp3) is 0.286. The second-order valence-electron chi connectivity index (χ2n) is 8.81. The normalized spacial score (nSPS) is 15.6. The highest BCUT2D eigenvalue weighted by Crippen LogP contribution is 2.37. The highest BCUT2D eigenvalue weighted by Gasteiger charge is 2.30. The minimum absolute atomic E-state index is 0.0299. The van der Waals surface area contributed by atoms with Crippen molar-refractivity contribution in [1.82, 2.24) is 0 Å². The first-order valence-corrected chi connectivity index (χ1v) is 11.6. The first-order chi connectivity index (χ1) is 16.2. The van der Waals surface area contributed by atoms with Gasteiger partial charge in [-0.15, -0.1) is 0 Å². The molecule has 0 saturated carbocycles. The molecule has 2 aliphatic rings. The molecule has 2 heterocycles. The fourth-order valence-corrected chi connectivity index (χ4v) is 4.88. The lowest BCUT2D eigenvalue weighted by atomic mass is 9.86. The van der Waals surface area contributed by atoms with E-state index in [1.54, 1.807) is 0 Å². The van der Waals surface area contributed by atoms with Gasteiger partial charge >= 0.3 is 0 Å². The highest BCUT2D eigenvalue weighted by molar-refractivity contribution is 6.29. The molecule has 0 atom stereocenters. The van der Waals surface area contributed by atoms with E-state index in [0.29, 0.717) is 24.2 Å². The first kappa shape index (κ1) is 23.4. The van der Waals surface area contributed by atoms with Crippen LogP contribution in [-0.2, 0) is 32.0 Å². The van der Waals surface area contributed by atoms with Crippen LogP contribution in [0.2, 0.25) is 0 Å². The predicted octanol–water partition coefficient (Wildman–Crippen LogP) is 4.44. The summed E-state index contributed by atoms with van der Waals surface area (Å²) in [6.45, 7) is 9.98. The Morgan fingerprint density at radius 1 is 0.618 bits per heavy atom. The molecule has 0 unspecified atom stereocenters. The van der Waals surface area contributed by atoms with Crippen molar-refractivity contribution in [2.24, 2.45) is 0 Å². The third kappa shape index (κ3) is 3.79. The minimum Gasteiger partial charge on any atom is -0.269 e. The molecule has 0 radical (unpaired) electrons. The second kappa shape index (κ2) is 8.86. The number of anilines is 2. The third-order valence-electron chi connectivity index (χ3n) is 6.63. The van der Waals surface area contributed by atoms with Crippen LogP contribution in [-0.4, -0.2) is 23.6 Å². The summed E-state index contributed by atoms with van der Waals surface area (Å²) in [7, 11) is 0. The van der Waals surface area contributed by atoms with Crippen LogP contribution in [0.25, 0.3) is 0 Å². The number of hydrogen-bond donors (Lipinski definition) is 0. The van der Waals surface area contributed by atoms with E-state index in [9.17, 15) is 19.2 Å². The smallest absolute Gasteiger partial charge is 0.258 e. The Bertz CT molecular complexity index is 1170. The molecule has 2 aromatic carbocycles. The quantitative estimate of drug-likeness (QED) is 0.603. The van der Waals surface area contributed by atoms with Crippen LogP contribution >= 0.6 is 0 Å². The molecule has 0 aromatic heterocycles. The minimum atomic E-state index is -0.317. The van der Waals surface area contributed by atoms with Crippen molar-refractivity contribution < 1.29 is 19.2 Å². The van der Waals surface area contributed by atoms with Crippen molar-refractivity contribution in [3.8, 4) is 0 Å². The van der Waals surface area contributed by atoms with Crippen molar-refractivity contribution in [1.29, 1.82) is 0 Å². The van der Waals surface area contributed by atoms with Crippen molar-refractivity contribution in [2.75, 3.05) is 9.80 Å². The van der Waals surface area contributed by atoms with Crippen molar-refractivity contribution in [3.63, 3.8) is 0 Å². The van der Waals surface area contributed by atoms with Crippen LogP contribution in [0, 0.1) is 13.8 Å². The van der Waals surface area contributed by atoms with Crippen molar-refractivity contribution in [3.05, 3.63) is 82.0 Å². The average Bonchev–Trinajstić information content (AvgIpc) is 3.32. The largest absolute Gasteiger partial charge is 0.269 e. The molecule has 0 fully saturated rings. The lowest BCUT2D eigenvalue weighted by molar-refractivity contribution is -0.121. The SMILES string of the molecule is CCc1cc(C(C)c2cc(C)c(N3C(=O)C=CC3=O)c(CC)c2)cc(C)c1N1C(=O)C=CC1=O. The molecular formula is C28H28N2O4. The van der Waals surface area contributed by atoms with Gasteiger partial charge in [-0.3, -0.25) is 19.2 Å². The van der Waals surface area contributed by atoms with Gasteiger partial charge < -0.3 is 0 Å². The topological polar surface area (TPSA) is 74.8 Å². The summed E-state index contributed by atoms with van der Waals surface area (Å²) in [5, 5.41) is 0. The van der Waals surface area contributed by atoms with Gasteiger partial charge in [0.1, 0.15) is 0 Å². The summed E-state index contributed by atoms with van der Waals surface area (Å²) in [5.74, 6) is -1.24. The Morgan fingerprint density at radius 3 is 1.24 bits per heavy atom. The summed E-state index contributed by atoms with van der Waals surface area (Å²) < 4.78 is 0. The maximum Gasteiger partial charge on any atom is 0.258 e. The number of imide groups is 2. The van der Waals surface area contributed by atoms with Gasteiger partial charge in [0.2, 0.25) is 0 Å². The van der Waals surface area contributed by atoms with E-state index >= 15 is 0 Å². The standard InChI is InChI=1S/C28H28N2O4/c1-6-19-14-21(12-16(3)27(19)29-23(31)8-9-24(29)32)18(5)22-13-17(4)28(20(7-2)15-22)30-25(33)10-11-26(30)34/h8-15,18H,6-7H2,1-5H3. The molecule has 6 nitrogen and oxygen atoms in total. The monoisotopic (exact) mass is 456 g/mol. The number of rotatable bonds is 6. The van der Waals surface area contributed by atoms with E-state index < -0.39 is 0 Å². The number of hydrogen-bond acceptors (Lipinski definition) is 4. The molecule has 6 heteroatoms. The zero-order chi connectivity index (χ0) is 24.7. The molecule has 0 spiro atoms. The molecule has 2 aliphatic heterocycles. The second-order valence-corrected chi connectivity index (χ2v) is 8.81. The number of carbonyl (C=O) groups is 4. The number of aryl methyl sites for hydroxylation is 4.